The van der Waals surface area contributed by atoms with E-state index in [0.717, 1.165) is 22.4 Å². The van der Waals surface area contributed by atoms with Gasteiger partial charge in [0.2, 0.25) is 11.8 Å². The second-order valence-electron chi connectivity index (χ2n) is 7.63. The van der Waals surface area contributed by atoms with Crippen molar-refractivity contribution in [3.63, 3.8) is 0 Å². The van der Waals surface area contributed by atoms with Crippen molar-refractivity contribution < 1.29 is 9.59 Å². The summed E-state index contributed by atoms with van der Waals surface area (Å²) in [7, 11) is 0. The highest BCUT2D eigenvalue weighted by atomic mass is 32.2. The smallest absolute Gasteiger partial charge is 0.248 e. The summed E-state index contributed by atoms with van der Waals surface area (Å²) in [5.41, 5.74) is 10.4. The van der Waals surface area contributed by atoms with Gasteiger partial charge in [0.05, 0.1) is 5.75 Å². The Morgan fingerprint density at radius 2 is 1.67 bits per heavy atom. The Labute approximate surface area is 196 Å². The zero-order valence-electron chi connectivity index (χ0n) is 18.3. The van der Waals surface area contributed by atoms with Crippen LogP contribution in [0.1, 0.15) is 21.5 Å². The predicted octanol–water partition coefficient (Wildman–Crippen LogP) is 4.38. The van der Waals surface area contributed by atoms with Gasteiger partial charge in [-0.1, -0.05) is 53.2 Å². The first kappa shape index (κ1) is 22.3. The first-order chi connectivity index (χ1) is 15.9. The monoisotopic (exact) mass is 457 g/mol. The third kappa shape index (κ3) is 5.30. The molecule has 3 N–H and O–H groups in total. The number of aromatic nitrogens is 3. The standard InChI is InChI=1S/C25H23N5O2S/c1-16-6-12-21(13-7-16)30-24(19-5-3-4-17(2)14-19)28-29-25(30)33-15-22(31)27-20-10-8-18(9-11-20)23(26)32/h3-14H,15H2,1-2H3,(H2,26,32)(H,27,31). The summed E-state index contributed by atoms with van der Waals surface area (Å²) < 4.78 is 1.97. The van der Waals surface area contributed by atoms with Gasteiger partial charge in [0.25, 0.3) is 0 Å². The number of amides is 2. The lowest BCUT2D eigenvalue weighted by Gasteiger charge is -2.11. The molecule has 4 rings (SSSR count). The highest BCUT2D eigenvalue weighted by Crippen LogP contribution is 2.28. The summed E-state index contributed by atoms with van der Waals surface area (Å²) in [6.07, 6.45) is 0. The first-order valence-corrected chi connectivity index (χ1v) is 11.3. The molecule has 166 valence electrons. The van der Waals surface area contributed by atoms with E-state index in [1.165, 1.54) is 11.8 Å². The number of primary amides is 1. The molecule has 0 aliphatic rings. The van der Waals surface area contributed by atoms with E-state index >= 15 is 0 Å². The Bertz CT molecular complexity index is 1300. The SMILES string of the molecule is Cc1ccc(-n2c(SCC(=O)Nc3ccc(C(N)=O)cc3)nnc2-c2cccc(C)c2)cc1. The van der Waals surface area contributed by atoms with E-state index in [0.29, 0.717) is 22.2 Å². The van der Waals surface area contributed by atoms with E-state index in [4.69, 9.17) is 5.73 Å². The number of hydrogen-bond donors (Lipinski definition) is 2. The van der Waals surface area contributed by atoms with E-state index in [2.05, 4.69) is 21.6 Å². The number of carbonyl (C=O) groups is 2. The van der Waals surface area contributed by atoms with Crippen molar-refractivity contribution in [2.24, 2.45) is 5.73 Å². The Balaban J connectivity index is 1.56. The van der Waals surface area contributed by atoms with Crippen LogP contribution in [0.4, 0.5) is 5.69 Å². The zero-order chi connectivity index (χ0) is 23.4. The molecule has 8 heteroatoms. The third-order valence-corrected chi connectivity index (χ3v) is 5.92. The molecule has 0 radical (unpaired) electrons. The molecule has 1 aromatic heterocycles. The number of nitrogens with zero attached hydrogens (tertiary/aromatic N) is 3. The number of nitrogens with one attached hydrogen (secondary N) is 1. The topological polar surface area (TPSA) is 103 Å². The van der Waals surface area contributed by atoms with Crippen LogP contribution >= 0.6 is 11.8 Å². The quantitative estimate of drug-likeness (QED) is 0.401. The molecule has 0 fully saturated rings. The Kier molecular flexibility index (Phi) is 6.55. The van der Waals surface area contributed by atoms with Crippen LogP contribution in [0.3, 0.4) is 0 Å². The molecule has 2 amide bonds. The highest BCUT2D eigenvalue weighted by molar-refractivity contribution is 7.99. The number of anilines is 1. The molecule has 3 aromatic carbocycles. The zero-order valence-corrected chi connectivity index (χ0v) is 19.1. The third-order valence-electron chi connectivity index (χ3n) is 4.99. The minimum Gasteiger partial charge on any atom is -0.366 e. The summed E-state index contributed by atoms with van der Waals surface area (Å²) in [5.74, 6) is 0.160. The molecule has 0 saturated heterocycles. The van der Waals surface area contributed by atoms with Crippen molar-refractivity contribution in [1.82, 2.24) is 14.8 Å². The van der Waals surface area contributed by atoms with Gasteiger partial charge in [0.15, 0.2) is 11.0 Å². The van der Waals surface area contributed by atoms with Crippen LogP contribution in [0, 0.1) is 13.8 Å². The second-order valence-corrected chi connectivity index (χ2v) is 8.57. The van der Waals surface area contributed by atoms with E-state index in [1.54, 1.807) is 24.3 Å². The number of benzene rings is 3. The fourth-order valence-electron chi connectivity index (χ4n) is 3.31. The van der Waals surface area contributed by atoms with Gasteiger partial charge in [-0.2, -0.15) is 0 Å². The van der Waals surface area contributed by atoms with Crippen molar-refractivity contribution in [2.45, 2.75) is 19.0 Å². The summed E-state index contributed by atoms with van der Waals surface area (Å²) in [6, 6.07) is 22.6. The number of carbonyl (C=O) groups excluding carboxylic acids is 2. The van der Waals surface area contributed by atoms with Gasteiger partial charge in [0.1, 0.15) is 0 Å². The van der Waals surface area contributed by atoms with Gasteiger partial charge >= 0.3 is 0 Å². The normalized spacial score (nSPS) is 10.7. The van der Waals surface area contributed by atoms with Crippen molar-refractivity contribution >= 4 is 29.3 Å². The van der Waals surface area contributed by atoms with Crippen LogP contribution in [0.2, 0.25) is 0 Å². The average Bonchev–Trinajstić information content (AvgIpc) is 3.22. The molecule has 7 nitrogen and oxygen atoms in total. The van der Waals surface area contributed by atoms with Gasteiger partial charge in [-0.25, -0.2) is 0 Å². The summed E-state index contributed by atoms with van der Waals surface area (Å²) >= 11 is 1.30. The van der Waals surface area contributed by atoms with Gasteiger partial charge in [-0.05, 0) is 56.3 Å². The number of rotatable bonds is 7. The molecule has 0 saturated carbocycles. The van der Waals surface area contributed by atoms with Gasteiger partial charge < -0.3 is 11.1 Å². The Morgan fingerprint density at radius 1 is 0.939 bits per heavy atom. The molecule has 0 atom stereocenters. The Hall–Kier alpha value is -3.91. The largest absolute Gasteiger partial charge is 0.366 e. The number of thioether (sulfide) groups is 1. The Morgan fingerprint density at radius 3 is 2.33 bits per heavy atom. The van der Waals surface area contributed by atoms with E-state index < -0.39 is 5.91 Å². The molecule has 0 aliphatic heterocycles. The lowest BCUT2D eigenvalue weighted by molar-refractivity contribution is -0.113. The first-order valence-electron chi connectivity index (χ1n) is 10.3. The van der Waals surface area contributed by atoms with Crippen molar-refractivity contribution in [3.8, 4) is 17.1 Å². The number of hydrogen-bond acceptors (Lipinski definition) is 5. The molecule has 0 spiro atoms. The number of aryl methyl sites for hydroxylation is 2. The van der Waals surface area contributed by atoms with Gasteiger partial charge in [-0.15, -0.1) is 10.2 Å². The summed E-state index contributed by atoms with van der Waals surface area (Å²) in [4.78, 5) is 23.7. The second kappa shape index (κ2) is 9.70. The lowest BCUT2D eigenvalue weighted by atomic mass is 10.1. The maximum atomic E-state index is 12.5. The van der Waals surface area contributed by atoms with Crippen LogP contribution in [-0.4, -0.2) is 32.3 Å². The molecular weight excluding hydrogens is 434 g/mol. The van der Waals surface area contributed by atoms with Crippen LogP contribution in [0.5, 0.6) is 0 Å². The van der Waals surface area contributed by atoms with Gasteiger partial charge in [0, 0.05) is 22.5 Å². The minimum atomic E-state index is -0.511. The van der Waals surface area contributed by atoms with E-state index in [9.17, 15) is 9.59 Å². The van der Waals surface area contributed by atoms with Crippen molar-refractivity contribution in [2.75, 3.05) is 11.1 Å². The number of nitrogens with two attached hydrogens (primary N) is 1. The van der Waals surface area contributed by atoms with Crippen molar-refractivity contribution in [3.05, 3.63) is 89.5 Å². The highest BCUT2D eigenvalue weighted by Gasteiger charge is 2.17. The molecule has 0 aliphatic carbocycles. The predicted molar refractivity (Wildman–Crippen MR) is 131 cm³/mol. The fraction of sp³-hybridized carbons (Fsp3) is 0.120. The van der Waals surface area contributed by atoms with E-state index in [1.807, 2.05) is 60.9 Å². The average molecular weight is 458 g/mol. The van der Waals surface area contributed by atoms with Crippen LogP contribution in [0.25, 0.3) is 17.1 Å². The van der Waals surface area contributed by atoms with Gasteiger partial charge in [-0.3, -0.25) is 14.2 Å². The maximum Gasteiger partial charge on any atom is 0.248 e. The van der Waals surface area contributed by atoms with Crippen LogP contribution in [0.15, 0.2) is 78.0 Å². The maximum absolute atomic E-state index is 12.5. The lowest BCUT2D eigenvalue weighted by Crippen LogP contribution is -2.15. The molecule has 33 heavy (non-hydrogen) atoms. The molecule has 4 aromatic rings. The minimum absolute atomic E-state index is 0.148. The fourth-order valence-corrected chi connectivity index (χ4v) is 4.06. The molecule has 0 unspecified atom stereocenters. The van der Waals surface area contributed by atoms with E-state index in [-0.39, 0.29) is 11.7 Å². The summed E-state index contributed by atoms with van der Waals surface area (Å²) in [6.45, 7) is 4.07. The molecular formula is C25H23N5O2S. The molecule has 1 heterocycles. The van der Waals surface area contributed by atoms with Crippen LogP contribution in [-0.2, 0) is 4.79 Å². The summed E-state index contributed by atoms with van der Waals surface area (Å²) in [5, 5.41) is 12.2. The van der Waals surface area contributed by atoms with Crippen LogP contribution < -0.4 is 11.1 Å². The van der Waals surface area contributed by atoms with Crippen molar-refractivity contribution in [1.29, 1.82) is 0 Å². The molecule has 0 bridgehead atoms.